The van der Waals surface area contributed by atoms with Gasteiger partial charge in [-0.1, -0.05) is 25.0 Å². The highest BCUT2D eigenvalue weighted by Gasteiger charge is 2.25. The van der Waals surface area contributed by atoms with Gasteiger partial charge in [0, 0.05) is 30.8 Å². The molecule has 1 aromatic carbocycles. The van der Waals surface area contributed by atoms with Crippen molar-refractivity contribution in [1.82, 2.24) is 9.97 Å². The lowest BCUT2D eigenvalue weighted by Gasteiger charge is -2.24. The molecule has 154 valence electrons. The number of hydrogen-bond donors (Lipinski definition) is 3. The van der Waals surface area contributed by atoms with E-state index < -0.39 is 0 Å². The summed E-state index contributed by atoms with van der Waals surface area (Å²) in [5.41, 5.74) is 1.91. The molecule has 2 aliphatic rings. The number of carbonyl (C=O) groups excluding carboxylic acids is 1. The van der Waals surface area contributed by atoms with Crippen molar-refractivity contribution in [3.05, 3.63) is 42.2 Å². The third-order valence-electron chi connectivity index (χ3n) is 5.93. The van der Waals surface area contributed by atoms with Gasteiger partial charge in [-0.15, -0.1) is 0 Å². The highest BCUT2D eigenvalue weighted by Crippen LogP contribution is 2.27. The van der Waals surface area contributed by atoms with Gasteiger partial charge >= 0.3 is 0 Å². The van der Waals surface area contributed by atoms with Gasteiger partial charge in [0.15, 0.2) is 0 Å². The average molecular weight is 396 g/mol. The molecule has 0 spiro atoms. The van der Waals surface area contributed by atoms with Crippen molar-refractivity contribution in [2.75, 3.05) is 28.7 Å². The van der Waals surface area contributed by atoms with Gasteiger partial charge in [0.2, 0.25) is 5.91 Å². The number of anilines is 3. The van der Waals surface area contributed by atoms with Gasteiger partial charge < -0.3 is 20.6 Å². The van der Waals surface area contributed by atoms with Crippen molar-refractivity contribution in [2.24, 2.45) is 5.92 Å². The molecule has 7 nitrogen and oxygen atoms in total. The lowest BCUT2D eigenvalue weighted by atomic mass is 10.1. The number of benzene rings is 1. The zero-order valence-corrected chi connectivity index (χ0v) is 16.7. The molecule has 2 heterocycles. The molecule has 7 heteroatoms. The van der Waals surface area contributed by atoms with Crippen LogP contribution < -0.4 is 15.5 Å². The smallest absolute Gasteiger partial charge is 0.227 e. The first-order valence-electron chi connectivity index (χ1n) is 10.6. The summed E-state index contributed by atoms with van der Waals surface area (Å²) in [5.74, 6) is 1.89. The van der Waals surface area contributed by atoms with Gasteiger partial charge in [-0.05, 0) is 43.4 Å². The summed E-state index contributed by atoms with van der Waals surface area (Å²) in [7, 11) is 0. The van der Waals surface area contributed by atoms with Crippen LogP contribution in [0.15, 0.2) is 36.7 Å². The van der Waals surface area contributed by atoms with Crippen LogP contribution in [-0.2, 0) is 11.3 Å². The fourth-order valence-electron chi connectivity index (χ4n) is 4.31. The third kappa shape index (κ3) is 4.85. The van der Waals surface area contributed by atoms with E-state index in [1.807, 2.05) is 30.3 Å². The topological polar surface area (TPSA) is 90.4 Å². The van der Waals surface area contributed by atoms with Crippen LogP contribution in [0.2, 0.25) is 0 Å². The standard InChI is InChI=1S/C22H29N5O2/c28-14-19-9-4-10-27(19)21-12-20(24-15-25-21)23-13-16-5-3-8-18(11-16)26-22(29)17-6-1-2-7-17/h3,5,8,11-12,15,17,19,28H,1-2,4,6-7,9-10,13-14H2,(H,26,29)(H,23,24,25). The van der Waals surface area contributed by atoms with E-state index in [9.17, 15) is 9.90 Å². The molecule has 2 fully saturated rings. The van der Waals surface area contributed by atoms with E-state index in [1.54, 1.807) is 6.33 Å². The molecule has 2 aromatic rings. The van der Waals surface area contributed by atoms with Crippen LogP contribution in [0.4, 0.5) is 17.3 Å². The Labute approximate surface area is 171 Å². The number of rotatable bonds is 7. The van der Waals surface area contributed by atoms with Crippen molar-refractivity contribution in [2.45, 2.75) is 51.1 Å². The average Bonchev–Trinajstić information content (AvgIpc) is 3.44. The van der Waals surface area contributed by atoms with Gasteiger partial charge in [0.25, 0.3) is 0 Å². The van der Waals surface area contributed by atoms with E-state index in [0.717, 1.165) is 68.0 Å². The summed E-state index contributed by atoms with van der Waals surface area (Å²) in [5, 5.41) is 15.9. The van der Waals surface area contributed by atoms with Gasteiger partial charge in [0.05, 0.1) is 12.6 Å². The van der Waals surface area contributed by atoms with Gasteiger partial charge in [-0.25, -0.2) is 9.97 Å². The fourth-order valence-corrected chi connectivity index (χ4v) is 4.31. The molecule has 0 radical (unpaired) electrons. The number of hydrogen-bond acceptors (Lipinski definition) is 6. The van der Waals surface area contributed by atoms with Gasteiger partial charge in [-0.3, -0.25) is 4.79 Å². The maximum atomic E-state index is 12.4. The van der Waals surface area contributed by atoms with Crippen LogP contribution in [0, 0.1) is 5.92 Å². The monoisotopic (exact) mass is 395 g/mol. The number of amides is 1. The lowest BCUT2D eigenvalue weighted by Crippen LogP contribution is -2.32. The van der Waals surface area contributed by atoms with E-state index in [-0.39, 0.29) is 24.5 Å². The van der Waals surface area contributed by atoms with E-state index in [2.05, 4.69) is 25.5 Å². The Morgan fingerprint density at radius 3 is 2.83 bits per heavy atom. The molecule has 1 aliphatic heterocycles. The Morgan fingerprint density at radius 1 is 1.14 bits per heavy atom. The molecule has 3 N–H and O–H groups in total. The van der Waals surface area contributed by atoms with E-state index >= 15 is 0 Å². The SMILES string of the molecule is O=C(Nc1cccc(CNc2cc(N3CCCC3CO)ncn2)c1)C1CCCC1. The molecule has 1 saturated heterocycles. The summed E-state index contributed by atoms with van der Waals surface area (Å²) in [6.45, 7) is 1.66. The molecule has 4 rings (SSSR count). The second-order valence-corrected chi connectivity index (χ2v) is 7.96. The molecule has 1 saturated carbocycles. The van der Waals surface area contributed by atoms with Crippen LogP contribution in [0.25, 0.3) is 0 Å². The van der Waals surface area contributed by atoms with Gasteiger partial charge in [0.1, 0.15) is 18.0 Å². The van der Waals surface area contributed by atoms with Crippen molar-refractivity contribution in [3.8, 4) is 0 Å². The highest BCUT2D eigenvalue weighted by atomic mass is 16.3. The minimum atomic E-state index is 0.136. The Kier molecular flexibility index (Phi) is 6.24. The molecule has 1 aromatic heterocycles. The zero-order valence-electron chi connectivity index (χ0n) is 16.7. The molecule has 1 amide bonds. The maximum Gasteiger partial charge on any atom is 0.227 e. The number of nitrogens with one attached hydrogen (secondary N) is 2. The number of carbonyl (C=O) groups is 1. The Hall–Kier alpha value is -2.67. The Balaban J connectivity index is 1.36. The van der Waals surface area contributed by atoms with Crippen LogP contribution in [0.3, 0.4) is 0 Å². The summed E-state index contributed by atoms with van der Waals surface area (Å²) < 4.78 is 0. The maximum absolute atomic E-state index is 12.4. The Bertz CT molecular complexity index is 837. The van der Waals surface area contributed by atoms with Crippen LogP contribution >= 0.6 is 0 Å². The summed E-state index contributed by atoms with van der Waals surface area (Å²) in [4.78, 5) is 23.2. The minimum Gasteiger partial charge on any atom is -0.394 e. The molecule has 1 unspecified atom stereocenters. The van der Waals surface area contributed by atoms with Crippen molar-refractivity contribution < 1.29 is 9.90 Å². The van der Waals surface area contributed by atoms with Crippen LogP contribution in [-0.4, -0.2) is 40.2 Å². The first-order chi connectivity index (χ1) is 14.2. The summed E-state index contributed by atoms with van der Waals surface area (Å²) in [6.07, 6.45) is 7.91. The van der Waals surface area contributed by atoms with Crippen molar-refractivity contribution >= 4 is 23.2 Å². The van der Waals surface area contributed by atoms with E-state index in [0.29, 0.717) is 6.54 Å². The lowest BCUT2D eigenvalue weighted by molar-refractivity contribution is -0.119. The molecular formula is C22H29N5O2. The van der Waals surface area contributed by atoms with Crippen LogP contribution in [0.1, 0.15) is 44.1 Å². The number of aliphatic hydroxyl groups is 1. The molecule has 29 heavy (non-hydrogen) atoms. The third-order valence-corrected chi connectivity index (χ3v) is 5.93. The van der Waals surface area contributed by atoms with Crippen molar-refractivity contribution in [1.29, 1.82) is 0 Å². The summed E-state index contributed by atoms with van der Waals surface area (Å²) in [6, 6.07) is 9.99. The predicted molar refractivity (Wildman–Crippen MR) is 114 cm³/mol. The summed E-state index contributed by atoms with van der Waals surface area (Å²) >= 11 is 0. The number of nitrogens with zero attached hydrogens (tertiary/aromatic N) is 3. The van der Waals surface area contributed by atoms with E-state index in [4.69, 9.17) is 0 Å². The fraction of sp³-hybridized carbons (Fsp3) is 0.500. The molecule has 1 atom stereocenters. The van der Waals surface area contributed by atoms with Crippen molar-refractivity contribution in [3.63, 3.8) is 0 Å². The van der Waals surface area contributed by atoms with E-state index in [1.165, 1.54) is 0 Å². The van der Waals surface area contributed by atoms with Crippen LogP contribution in [0.5, 0.6) is 0 Å². The first-order valence-corrected chi connectivity index (χ1v) is 10.6. The normalized spacial score (nSPS) is 19.5. The largest absolute Gasteiger partial charge is 0.394 e. The zero-order chi connectivity index (χ0) is 20.1. The number of aliphatic hydroxyl groups excluding tert-OH is 1. The molecule has 1 aliphatic carbocycles. The second kappa shape index (κ2) is 9.22. The second-order valence-electron chi connectivity index (χ2n) is 7.96. The molecular weight excluding hydrogens is 366 g/mol. The highest BCUT2D eigenvalue weighted by molar-refractivity contribution is 5.92. The van der Waals surface area contributed by atoms with Gasteiger partial charge in [-0.2, -0.15) is 0 Å². The first kappa shape index (κ1) is 19.6. The Morgan fingerprint density at radius 2 is 2.00 bits per heavy atom. The molecule has 0 bridgehead atoms. The number of aromatic nitrogens is 2. The minimum absolute atomic E-state index is 0.136. The quantitative estimate of drug-likeness (QED) is 0.667. The predicted octanol–water partition coefficient (Wildman–Crippen LogP) is 3.18.